The van der Waals surface area contributed by atoms with Gasteiger partial charge in [-0.2, -0.15) is 0 Å². The van der Waals surface area contributed by atoms with Crippen LogP contribution in [-0.4, -0.2) is 56.9 Å². The number of amides is 2. The van der Waals surface area contributed by atoms with Crippen LogP contribution in [0.5, 0.6) is 0 Å². The van der Waals surface area contributed by atoms with Crippen LogP contribution >= 0.6 is 0 Å². The van der Waals surface area contributed by atoms with E-state index in [9.17, 15) is 18.0 Å². The molecule has 0 radical (unpaired) electrons. The number of rotatable bonds is 8. The van der Waals surface area contributed by atoms with Gasteiger partial charge in [-0.3, -0.25) is 9.59 Å². The predicted molar refractivity (Wildman–Crippen MR) is 134 cm³/mol. The minimum Gasteiger partial charge on any atom is -0.376 e. The van der Waals surface area contributed by atoms with E-state index < -0.39 is 10.0 Å². The van der Waals surface area contributed by atoms with Gasteiger partial charge in [-0.1, -0.05) is 42.0 Å². The lowest BCUT2D eigenvalue weighted by Crippen LogP contribution is -2.42. The number of carbonyl (C=O) groups excluding carboxylic acids is 2. The molecule has 2 amide bonds. The van der Waals surface area contributed by atoms with Crippen LogP contribution in [0.4, 0.5) is 5.69 Å². The van der Waals surface area contributed by atoms with Gasteiger partial charge in [0.15, 0.2) is 0 Å². The summed E-state index contributed by atoms with van der Waals surface area (Å²) >= 11 is 0. The fourth-order valence-electron chi connectivity index (χ4n) is 4.51. The molecule has 1 unspecified atom stereocenters. The third-order valence-electron chi connectivity index (χ3n) is 6.63. The van der Waals surface area contributed by atoms with Crippen molar-refractivity contribution in [3.8, 4) is 0 Å². The Morgan fingerprint density at radius 1 is 1.03 bits per heavy atom. The van der Waals surface area contributed by atoms with Gasteiger partial charge in [-0.15, -0.1) is 0 Å². The second-order valence-corrected chi connectivity index (χ2v) is 11.3. The highest BCUT2D eigenvalue weighted by Gasteiger charge is 2.31. The first-order valence-electron chi connectivity index (χ1n) is 12.1. The minimum absolute atomic E-state index is 0.0353. The highest BCUT2D eigenvalue weighted by molar-refractivity contribution is 7.88. The van der Waals surface area contributed by atoms with Crippen molar-refractivity contribution in [2.45, 2.75) is 44.5 Å². The van der Waals surface area contributed by atoms with Crippen molar-refractivity contribution < 1.29 is 22.7 Å². The van der Waals surface area contributed by atoms with Crippen LogP contribution in [0.1, 0.15) is 47.2 Å². The van der Waals surface area contributed by atoms with Crippen molar-refractivity contribution in [2.75, 3.05) is 31.6 Å². The quantitative estimate of drug-likeness (QED) is 0.581. The summed E-state index contributed by atoms with van der Waals surface area (Å²) in [6, 6.07) is 14.4. The first kappa shape index (κ1) is 25.3. The summed E-state index contributed by atoms with van der Waals surface area (Å²) in [6.07, 6.45) is 2.84. The standard InChI is InChI=1S/C26H33N3O5S/c1-19-8-10-20(11-9-19)18-35(32,33)29-14-12-21(13-15-29)25(30)28-24-7-3-2-6-23(24)26(31)27-17-22-5-4-16-34-22/h2-3,6-11,21-22H,4-5,12-18H2,1H3,(H,27,31)(H,28,30). The van der Waals surface area contributed by atoms with Crippen molar-refractivity contribution in [3.05, 3.63) is 65.2 Å². The molecule has 0 bridgehead atoms. The van der Waals surface area contributed by atoms with Crippen molar-refractivity contribution in [3.63, 3.8) is 0 Å². The highest BCUT2D eigenvalue weighted by Crippen LogP contribution is 2.24. The van der Waals surface area contributed by atoms with Crippen molar-refractivity contribution in [2.24, 2.45) is 5.92 Å². The zero-order valence-electron chi connectivity index (χ0n) is 20.0. The van der Waals surface area contributed by atoms with Gasteiger partial charge >= 0.3 is 0 Å². The molecule has 4 rings (SSSR count). The fraction of sp³-hybridized carbons (Fsp3) is 0.462. The van der Waals surface area contributed by atoms with Crippen LogP contribution < -0.4 is 10.6 Å². The van der Waals surface area contributed by atoms with E-state index in [0.717, 1.165) is 30.6 Å². The van der Waals surface area contributed by atoms with E-state index in [0.29, 0.717) is 43.7 Å². The number of nitrogens with one attached hydrogen (secondary N) is 2. The maximum atomic E-state index is 13.0. The number of hydrogen-bond donors (Lipinski definition) is 2. The van der Waals surface area contributed by atoms with E-state index in [1.54, 1.807) is 24.3 Å². The van der Waals surface area contributed by atoms with Gasteiger partial charge in [0.1, 0.15) is 0 Å². The van der Waals surface area contributed by atoms with Crippen LogP contribution in [0.25, 0.3) is 0 Å². The SMILES string of the molecule is Cc1ccc(CS(=O)(=O)N2CCC(C(=O)Nc3ccccc3C(=O)NCC3CCCO3)CC2)cc1. The molecule has 9 heteroatoms. The van der Waals surface area contributed by atoms with Gasteiger partial charge in [0, 0.05) is 32.2 Å². The summed E-state index contributed by atoms with van der Waals surface area (Å²) < 4.78 is 32.7. The van der Waals surface area contributed by atoms with E-state index in [2.05, 4.69) is 10.6 Å². The average Bonchev–Trinajstić information content (AvgIpc) is 3.38. The molecule has 188 valence electrons. The minimum atomic E-state index is -3.45. The number of sulfonamides is 1. The largest absolute Gasteiger partial charge is 0.376 e. The van der Waals surface area contributed by atoms with Crippen molar-refractivity contribution in [1.82, 2.24) is 9.62 Å². The van der Waals surface area contributed by atoms with E-state index >= 15 is 0 Å². The van der Waals surface area contributed by atoms with Crippen LogP contribution in [0.3, 0.4) is 0 Å². The van der Waals surface area contributed by atoms with Crippen molar-refractivity contribution in [1.29, 1.82) is 0 Å². The maximum Gasteiger partial charge on any atom is 0.253 e. The summed E-state index contributed by atoms with van der Waals surface area (Å²) in [6.45, 7) is 3.73. The summed E-state index contributed by atoms with van der Waals surface area (Å²) in [7, 11) is -3.45. The third-order valence-corrected chi connectivity index (χ3v) is 8.48. The van der Waals surface area contributed by atoms with E-state index in [1.807, 2.05) is 31.2 Å². The van der Waals surface area contributed by atoms with Crippen LogP contribution in [0.2, 0.25) is 0 Å². The zero-order chi connectivity index (χ0) is 24.8. The second kappa shape index (κ2) is 11.3. The molecule has 0 aliphatic carbocycles. The van der Waals surface area contributed by atoms with Gasteiger partial charge in [-0.25, -0.2) is 12.7 Å². The molecule has 0 saturated carbocycles. The Morgan fingerprint density at radius 2 is 1.74 bits per heavy atom. The lowest BCUT2D eigenvalue weighted by Gasteiger charge is -2.30. The molecule has 1 atom stereocenters. The predicted octanol–water partition coefficient (Wildman–Crippen LogP) is 3.08. The Labute approximate surface area is 207 Å². The molecule has 35 heavy (non-hydrogen) atoms. The summed E-state index contributed by atoms with van der Waals surface area (Å²) in [5, 5.41) is 5.78. The molecule has 2 aliphatic heterocycles. The van der Waals surface area contributed by atoms with Gasteiger partial charge in [0.05, 0.1) is 23.1 Å². The molecule has 8 nitrogen and oxygen atoms in total. The lowest BCUT2D eigenvalue weighted by atomic mass is 9.97. The molecule has 2 N–H and O–H groups in total. The Hall–Kier alpha value is -2.75. The van der Waals surface area contributed by atoms with E-state index in [-0.39, 0.29) is 29.6 Å². The molecule has 0 aromatic heterocycles. The molecule has 0 spiro atoms. The zero-order valence-corrected chi connectivity index (χ0v) is 20.9. The van der Waals surface area contributed by atoms with E-state index in [4.69, 9.17) is 4.74 Å². The third kappa shape index (κ3) is 6.68. The number of anilines is 1. The number of nitrogens with zero attached hydrogens (tertiary/aromatic N) is 1. The molecular weight excluding hydrogens is 466 g/mol. The smallest absolute Gasteiger partial charge is 0.253 e. The Kier molecular flexibility index (Phi) is 8.20. The number of piperidine rings is 1. The van der Waals surface area contributed by atoms with Crippen LogP contribution in [0.15, 0.2) is 48.5 Å². The lowest BCUT2D eigenvalue weighted by molar-refractivity contribution is -0.120. The molecule has 2 aromatic carbocycles. The molecule has 2 aliphatic rings. The Bertz CT molecular complexity index is 1140. The molecule has 2 saturated heterocycles. The van der Waals surface area contributed by atoms with E-state index in [1.165, 1.54) is 4.31 Å². The summed E-state index contributed by atoms with van der Waals surface area (Å²) in [5.41, 5.74) is 2.69. The van der Waals surface area contributed by atoms with Crippen molar-refractivity contribution >= 4 is 27.5 Å². The Balaban J connectivity index is 1.31. The number of hydrogen-bond acceptors (Lipinski definition) is 5. The first-order chi connectivity index (χ1) is 16.8. The summed E-state index contributed by atoms with van der Waals surface area (Å²) in [5.74, 6) is -0.810. The molecule has 2 aromatic rings. The van der Waals surface area contributed by atoms with Crippen LogP contribution in [-0.2, 0) is 25.3 Å². The molecule has 2 fully saturated rings. The van der Waals surface area contributed by atoms with Gasteiger partial charge in [-0.05, 0) is 50.3 Å². The monoisotopic (exact) mass is 499 g/mol. The number of carbonyl (C=O) groups is 2. The normalized spacial score (nSPS) is 19.4. The topological polar surface area (TPSA) is 105 Å². The highest BCUT2D eigenvalue weighted by atomic mass is 32.2. The Morgan fingerprint density at radius 3 is 2.43 bits per heavy atom. The fourth-order valence-corrected chi connectivity index (χ4v) is 6.08. The van der Waals surface area contributed by atoms with Gasteiger partial charge < -0.3 is 15.4 Å². The number of aryl methyl sites for hydroxylation is 1. The number of para-hydroxylation sites is 1. The first-order valence-corrected chi connectivity index (χ1v) is 13.8. The number of ether oxygens (including phenoxy) is 1. The van der Waals surface area contributed by atoms with Gasteiger partial charge in [0.2, 0.25) is 15.9 Å². The average molecular weight is 500 g/mol. The summed E-state index contributed by atoms with van der Waals surface area (Å²) in [4.78, 5) is 25.7. The maximum absolute atomic E-state index is 13.0. The molecule has 2 heterocycles. The second-order valence-electron chi connectivity index (χ2n) is 9.30. The molecular formula is C26H33N3O5S. The van der Waals surface area contributed by atoms with Crippen LogP contribution in [0, 0.1) is 12.8 Å². The number of benzene rings is 2. The van der Waals surface area contributed by atoms with Gasteiger partial charge in [0.25, 0.3) is 5.91 Å².